The van der Waals surface area contributed by atoms with Gasteiger partial charge in [0, 0.05) is 12.5 Å². The first-order chi connectivity index (χ1) is 8.11. The summed E-state index contributed by atoms with van der Waals surface area (Å²) in [4.78, 5) is 11.4. The number of nitrogens with zero attached hydrogens (tertiary/aromatic N) is 3. The molecule has 0 atom stereocenters. The maximum absolute atomic E-state index is 4.72. The van der Waals surface area contributed by atoms with Crippen LogP contribution in [0.2, 0.25) is 0 Å². The summed E-state index contributed by atoms with van der Waals surface area (Å²) in [6.07, 6.45) is 2.56. The van der Waals surface area contributed by atoms with Crippen LogP contribution in [0, 0.1) is 3.57 Å². The molecule has 1 aromatic heterocycles. The normalized spacial score (nSPS) is 15.4. The monoisotopic (exact) mass is 346 g/mol. The van der Waals surface area contributed by atoms with Gasteiger partial charge in [0.15, 0.2) is 0 Å². The highest BCUT2D eigenvalue weighted by Gasteiger charge is 2.29. The van der Waals surface area contributed by atoms with Gasteiger partial charge >= 0.3 is 0 Å². The minimum Gasteiger partial charge on any atom is -0.369 e. The summed E-state index contributed by atoms with van der Waals surface area (Å²) < 4.78 is 1.20. The van der Waals surface area contributed by atoms with Gasteiger partial charge in [-0.05, 0) is 56.5 Å². The van der Waals surface area contributed by atoms with Crippen LogP contribution < -0.4 is 5.32 Å². The molecule has 1 N–H and O–H groups in total. The van der Waals surface area contributed by atoms with Gasteiger partial charge in [-0.3, -0.25) is 0 Å². The van der Waals surface area contributed by atoms with E-state index in [9.17, 15) is 0 Å². The van der Waals surface area contributed by atoms with E-state index in [1.54, 1.807) is 0 Å². The Morgan fingerprint density at radius 3 is 2.59 bits per heavy atom. The zero-order valence-electron chi connectivity index (χ0n) is 10.6. The molecule has 4 nitrogen and oxygen atoms in total. The first kappa shape index (κ1) is 13.0. The maximum Gasteiger partial charge on any atom is 0.145 e. The molecule has 0 spiro atoms. The number of hydrogen-bond donors (Lipinski definition) is 1. The molecule has 2 rings (SSSR count). The van der Waals surface area contributed by atoms with Gasteiger partial charge in [0.1, 0.15) is 11.6 Å². The van der Waals surface area contributed by atoms with Gasteiger partial charge in [0.05, 0.1) is 15.8 Å². The van der Waals surface area contributed by atoms with Crippen molar-refractivity contribution in [2.24, 2.45) is 0 Å². The Bertz CT molecular complexity index is 402. The first-order valence-electron chi connectivity index (χ1n) is 6.06. The van der Waals surface area contributed by atoms with Crippen LogP contribution in [-0.2, 0) is 6.54 Å². The van der Waals surface area contributed by atoms with Gasteiger partial charge in [-0.15, -0.1) is 0 Å². The second kappa shape index (κ2) is 5.48. The minimum atomic E-state index is 0.670. The summed E-state index contributed by atoms with van der Waals surface area (Å²) in [7, 11) is 4.09. The van der Waals surface area contributed by atoms with Crippen molar-refractivity contribution in [2.45, 2.75) is 32.2 Å². The van der Waals surface area contributed by atoms with Crippen molar-refractivity contribution in [3.8, 4) is 0 Å². The number of halogens is 1. The van der Waals surface area contributed by atoms with Crippen LogP contribution in [0.25, 0.3) is 0 Å². The molecule has 0 bridgehead atoms. The molecule has 0 saturated heterocycles. The lowest BCUT2D eigenvalue weighted by molar-refractivity contribution is 0.389. The quantitative estimate of drug-likeness (QED) is 0.832. The third kappa shape index (κ3) is 3.28. The highest BCUT2D eigenvalue weighted by Crippen LogP contribution is 2.42. The van der Waals surface area contributed by atoms with E-state index in [1.807, 2.05) is 14.1 Å². The van der Waals surface area contributed by atoms with E-state index in [0.717, 1.165) is 24.7 Å². The average molecular weight is 346 g/mol. The van der Waals surface area contributed by atoms with Crippen molar-refractivity contribution in [2.75, 3.05) is 26.0 Å². The Hall–Kier alpha value is -0.430. The van der Waals surface area contributed by atoms with Crippen LogP contribution in [0.4, 0.5) is 5.82 Å². The molecular formula is C12H19IN4. The molecule has 5 heteroatoms. The molecular weight excluding hydrogens is 327 g/mol. The molecule has 1 aliphatic rings. The molecule has 1 aromatic rings. The van der Waals surface area contributed by atoms with Crippen molar-refractivity contribution >= 4 is 28.4 Å². The van der Waals surface area contributed by atoms with E-state index >= 15 is 0 Å². The standard InChI is InChI=1S/C12H19IN4/c1-4-14-12-10(13)11(8-5-6-8)15-9(16-12)7-17(2)3/h8H,4-7H2,1-3H3,(H,14,15,16). The second-order valence-corrected chi connectivity index (χ2v) is 5.81. The molecule has 1 fully saturated rings. The van der Waals surface area contributed by atoms with Crippen molar-refractivity contribution < 1.29 is 0 Å². The maximum atomic E-state index is 4.72. The third-order valence-electron chi connectivity index (χ3n) is 2.69. The fraction of sp³-hybridized carbons (Fsp3) is 0.667. The number of hydrogen-bond acceptors (Lipinski definition) is 4. The summed E-state index contributed by atoms with van der Waals surface area (Å²) in [6.45, 7) is 3.80. The van der Waals surface area contributed by atoms with Gasteiger partial charge in [0.25, 0.3) is 0 Å². The second-order valence-electron chi connectivity index (χ2n) is 4.73. The first-order valence-corrected chi connectivity index (χ1v) is 7.14. The zero-order valence-corrected chi connectivity index (χ0v) is 12.8. The van der Waals surface area contributed by atoms with E-state index in [2.05, 4.69) is 44.7 Å². The van der Waals surface area contributed by atoms with E-state index in [4.69, 9.17) is 4.98 Å². The van der Waals surface area contributed by atoms with Crippen LogP contribution in [-0.4, -0.2) is 35.5 Å². The van der Waals surface area contributed by atoms with Crippen LogP contribution >= 0.6 is 22.6 Å². The minimum absolute atomic E-state index is 0.670. The average Bonchev–Trinajstić information content (AvgIpc) is 3.05. The largest absolute Gasteiger partial charge is 0.369 e. The Labute approximate surface area is 116 Å². The molecule has 0 aromatic carbocycles. The van der Waals surface area contributed by atoms with Crippen LogP contribution in [0.5, 0.6) is 0 Å². The fourth-order valence-corrected chi connectivity index (χ4v) is 2.65. The van der Waals surface area contributed by atoms with E-state index < -0.39 is 0 Å². The summed E-state index contributed by atoms with van der Waals surface area (Å²) in [5.41, 5.74) is 1.24. The van der Waals surface area contributed by atoms with Crippen molar-refractivity contribution in [1.82, 2.24) is 14.9 Å². The molecule has 94 valence electrons. The molecule has 1 saturated carbocycles. The Morgan fingerprint density at radius 1 is 1.35 bits per heavy atom. The highest BCUT2D eigenvalue weighted by atomic mass is 127. The smallest absolute Gasteiger partial charge is 0.145 e. The van der Waals surface area contributed by atoms with Crippen LogP contribution in [0.1, 0.15) is 37.2 Å². The Morgan fingerprint density at radius 2 is 2.06 bits per heavy atom. The molecule has 0 amide bonds. The highest BCUT2D eigenvalue weighted by molar-refractivity contribution is 14.1. The SMILES string of the molecule is CCNc1nc(CN(C)C)nc(C2CC2)c1I. The topological polar surface area (TPSA) is 41.1 Å². The number of nitrogens with one attached hydrogen (secondary N) is 1. The number of anilines is 1. The molecule has 17 heavy (non-hydrogen) atoms. The number of aromatic nitrogens is 2. The van der Waals surface area contributed by atoms with Crippen molar-refractivity contribution in [3.05, 3.63) is 15.1 Å². The van der Waals surface area contributed by atoms with Gasteiger partial charge in [-0.1, -0.05) is 0 Å². The Kier molecular flexibility index (Phi) is 4.19. The predicted octanol–water partition coefficient (Wildman–Crippen LogP) is 2.45. The van der Waals surface area contributed by atoms with Crippen LogP contribution in [0.3, 0.4) is 0 Å². The lowest BCUT2D eigenvalue weighted by Gasteiger charge is -2.14. The molecule has 1 heterocycles. The predicted molar refractivity (Wildman–Crippen MR) is 78.3 cm³/mol. The lowest BCUT2D eigenvalue weighted by atomic mass is 10.2. The van der Waals surface area contributed by atoms with Gasteiger partial charge in [-0.2, -0.15) is 0 Å². The molecule has 0 unspecified atom stereocenters. The summed E-state index contributed by atoms with van der Waals surface area (Å²) in [6, 6.07) is 0. The molecule has 0 aliphatic heterocycles. The molecule has 0 radical (unpaired) electrons. The van der Waals surface area contributed by atoms with E-state index in [-0.39, 0.29) is 0 Å². The zero-order chi connectivity index (χ0) is 12.4. The van der Waals surface area contributed by atoms with Gasteiger partial charge in [-0.25, -0.2) is 9.97 Å². The summed E-state index contributed by atoms with van der Waals surface area (Å²) in [5, 5.41) is 3.34. The van der Waals surface area contributed by atoms with Crippen LogP contribution in [0.15, 0.2) is 0 Å². The van der Waals surface area contributed by atoms with Gasteiger partial charge in [0.2, 0.25) is 0 Å². The van der Waals surface area contributed by atoms with Gasteiger partial charge < -0.3 is 10.2 Å². The third-order valence-corrected chi connectivity index (χ3v) is 3.75. The molecule has 1 aliphatic carbocycles. The van der Waals surface area contributed by atoms with E-state index in [1.165, 1.54) is 22.1 Å². The summed E-state index contributed by atoms with van der Waals surface area (Å²) >= 11 is 2.37. The van der Waals surface area contributed by atoms with Crippen molar-refractivity contribution in [3.63, 3.8) is 0 Å². The van der Waals surface area contributed by atoms with Crippen molar-refractivity contribution in [1.29, 1.82) is 0 Å². The van der Waals surface area contributed by atoms with E-state index in [0.29, 0.717) is 5.92 Å². The summed E-state index contributed by atoms with van der Waals surface area (Å²) in [5.74, 6) is 2.60. The Balaban J connectivity index is 2.33. The lowest BCUT2D eigenvalue weighted by Crippen LogP contribution is -2.16. The number of rotatable bonds is 5. The fourth-order valence-electron chi connectivity index (χ4n) is 1.78.